The van der Waals surface area contributed by atoms with E-state index in [1.54, 1.807) is 12.1 Å². The molecule has 0 fully saturated rings. The minimum absolute atomic E-state index is 0.0331. The van der Waals surface area contributed by atoms with E-state index in [2.05, 4.69) is 10.6 Å². The molecular weight excluding hydrogens is 263 g/mol. The number of nitrogens with one attached hydrogen (secondary N) is 2. The molecule has 1 aromatic carbocycles. The summed E-state index contributed by atoms with van der Waals surface area (Å²) in [4.78, 5) is 21.8. The molecule has 1 atom stereocenters. The van der Waals surface area contributed by atoms with Crippen molar-refractivity contribution in [1.82, 2.24) is 10.6 Å². The molecule has 1 unspecified atom stereocenters. The minimum Gasteiger partial charge on any atom is -0.481 e. The second kappa shape index (κ2) is 8.14. The Bertz CT molecular complexity index is 448. The van der Waals surface area contributed by atoms with Gasteiger partial charge in [-0.15, -0.1) is 0 Å². The fourth-order valence-corrected chi connectivity index (χ4v) is 1.74. The van der Waals surface area contributed by atoms with Crippen LogP contribution in [-0.4, -0.2) is 29.7 Å². The number of carbonyl (C=O) groups is 2. The van der Waals surface area contributed by atoms with Gasteiger partial charge in [0.1, 0.15) is 5.82 Å². The van der Waals surface area contributed by atoms with Crippen molar-refractivity contribution >= 4 is 12.0 Å². The third-order valence-corrected chi connectivity index (χ3v) is 2.69. The number of carboxylic acids is 1. The first-order valence-corrected chi connectivity index (χ1v) is 6.48. The molecule has 0 bridgehead atoms. The number of halogens is 1. The first kappa shape index (κ1) is 15.9. The van der Waals surface area contributed by atoms with Crippen molar-refractivity contribution in [3.05, 3.63) is 35.6 Å². The number of benzene rings is 1. The van der Waals surface area contributed by atoms with Crippen LogP contribution in [0.3, 0.4) is 0 Å². The molecule has 0 aliphatic heterocycles. The average Bonchev–Trinajstić information content (AvgIpc) is 2.37. The zero-order valence-corrected chi connectivity index (χ0v) is 11.4. The van der Waals surface area contributed by atoms with Gasteiger partial charge in [-0.3, -0.25) is 4.79 Å². The van der Waals surface area contributed by atoms with Gasteiger partial charge in [-0.25, -0.2) is 9.18 Å². The first-order chi connectivity index (χ1) is 9.47. The quantitative estimate of drug-likeness (QED) is 0.669. The van der Waals surface area contributed by atoms with Crippen molar-refractivity contribution in [2.45, 2.75) is 32.2 Å². The molecule has 0 saturated carbocycles. The van der Waals surface area contributed by atoms with Gasteiger partial charge in [-0.1, -0.05) is 12.1 Å². The van der Waals surface area contributed by atoms with Gasteiger partial charge in [0, 0.05) is 19.0 Å². The van der Waals surface area contributed by atoms with Gasteiger partial charge in [0.15, 0.2) is 0 Å². The Balaban J connectivity index is 2.24. The average molecular weight is 282 g/mol. The summed E-state index contributed by atoms with van der Waals surface area (Å²) in [5.41, 5.74) is 0.935. The Morgan fingerprint density at radius 1 is 1.30 bits per heavy atom. The monoisotopic (exact) mass is 282 g/mol. The fourth-order valence-electron chi connectivity index (χ4n) is 1.74. The molecule has 0 saturated heterocycles. The van der Waals surface area contributed by atoms with E-state index in [9.17, 15) is 14.0 Å². The molecule has 20 heavy (non-hydrogen) atoms. The summed E-state index contributed by atoms with van der Waals surface area (Å²) in [5, 5.41) is 13.8. The van der Waals surface area contributed by atoms with Crippen molar-refractivity contribution in [3.8, 4) is 0 Å². The third kappa shape index (κ3) is 6.72. The molecule has 0 spiro atoms. The van der Waals surface area contributed by atoms with E-state index in [1.165, 1.54) is 12.1 Å². The lowest BCUT2D eigenvalue weighted by atomic mass is 10.1. The topological polar surface area (TPSA) is 78.4 Å². The summed E-state index contributed by atoms with van der Waals surface area (Å²) >= 11 is 0. The number of hydrogen-bond acceptors (Lipinski definition) is 2. The molecule has 1 rings (SSSR count). The van der Waals surface area contributed by atoms with Crippen LogP contribution in [0.1, 0.15) is 25.3 Å². The standard InChI is InChI=1S/C14H19FN2O3/c1-10(9-11-4-6-12(15)7-5-11)17-14(20)16-8-2-3-13(18)19/h4-7,10H,2-3,8-9H2,1H3,(H,18,19)(H2,16,17,20). The number of hydrogen-bond donors (Lipinski definition) is 3. The van der Waals surface area contributed by atoms with Gasteiger partial charge in [-0.2, -0.15) is 0 Å². The van der Waals surface area contributed by atoms with E-state index in [4.69, 9.17) is 5.11 Å². The number of urea groups is 1. The van der Waals surface area contributed by atoms with Crippen molar-refractivity contribution in [1.29, 1.82) is 0 Å². The van der Waals surface area contributed by atoms with Gasteiger partial charge in [0.2, 0.25) is 0 Å². The van der Waals surface area contributed by atoms with Crippen molar-refractivity contribution in [2.24, 2.45) is 0 Å². The highest BCUT2D eigenvalue weighted by molar-refractivity contribution is 5.74. The molecule has 110 valence electrons. The van der Waals surface area contributed by atoms with Gasteiger partial charge < -0.3 is 15.7 Å². The Morgan fingerprint density at radius 3 is 2.55 bits per heavy atom. The predicted molar refractivity (Wildman–Crippen MR) is 73.0 cm³/mol. The summed E-state index contributed by atoms with van der Waals surface area (Å²) in [6.45, 7) is 2.17. The maximum atomic E-state index is 12.7. The molecule has 0 aliphatic carbocycles. The van der Waals surface area contributed by atoms with E-state index >= 15 is 0 Å². The van der Waals surface area contributed by atoms with Crippen LogP contribution in [0.25, 0.3) is 0 Å². The predicted octanol–water partition coefficient (Wildman–Crippen LogP) is 1.92. The Morgan fingerprint density at radius 2 is 1.95 bits per heavy atom. The van der Waals surface area contributed by atoms with Gasteiger partial charge >= 0.3 is 12.0 Å². The summed E-state index contributed by atoms with van der Waals surface area (Å²) in [6.07, 6.45) is 1.03. The van der Waals surface area contributed by atoms with Gasteiger partial charge in [0.05, 0.1) is 0 Å². The molecule has 1 aromatic rings. The largest absolute Gasteiger partial charge is 0.481 e. The van der Waals surface area contributed by atoms with Gasteiger partial charge in [-0.05, 0) is 37.5 Å². The zero-order valence-electron chi connectivity index (χ0n) is 11.4. The lowest BCUT2D eigenvalue weighted by Gasteiger charge is -2.14. The fraction of sp³-hybridized carbons (Fsp3) is 0.429. The molecule has 0 aromatic heterocycles. The van der Waals surface area contributed by atoms with Crippen LogP contribution in [-0.2, 0) is 11.2 Å². The second-order valence-corrected chi connectivity index (χ2v) is 4.63. The van der Waals surface area contributed by atoms with Crippen LogP contribution in [0.15, 0.2) is 24.3 Å². The van der Waals surface area contributed by atoms with E-state index in [0.717, 1.165) is 5.56 Å². The summed E-state index contributed by atoms with van der Waals surface area (Å²) in [7, 11) is 0. The molecule has 5 nitrogen and oxygen atoms in total. The highest BCUT2D eigenvalue weighted by Crippen LogP contribution is 2.05. The Labute approximate surface area is 117 Å². The Hall–Kier alpha value is -2.11. The van der Waals surface area contributed by atoms with Crippen molar-refractivity contribution in [3.63, 3.8) is 0 Å². The number of carbonyl (C=O) groups excluding carboxylic acids is 1. The van der Waals surface area contributed by atoms with E-state index in [1.807, 2.05) is 6.92 Å². The Kier molecular flexibility index (Phi) is 6.49. The van der Waals surface area contributed by atoms with Crippen LogP contribution in [0.4, 0.5) is 9.18 Å². The van der Waals surface area contributed by atoms with Crippen LogP contribution in [0.2, 0.25) is 0 Å². The zero-order chi connectivity index (χ0) is 15.0. The number of rotatable bonds is 7. The van der Waals surface area contributed by atoms with Crippen LogP contribution >= 0.6 is 0 Å². The van der Waals surface area contributed by atoms with Crippen LogP contribution in [0, 0.1) is 5.82 Å². The van der Waals surface area contributed by atoms with Crippen molar-refractivity contribution in [2.75, 3.05) is 6.54 Å². The maximum absolute atomic E-state index is 12.7. The summed E-state index contributed by atoms with van der Waals surface area (Å²) in [6, 6.07) is 5.70. The second-order valence-electron chi connectivity index (χ2n) is 4.63. The van der Waals surface area contributed by atoms with E-state index in [0.29, 0.717) is 19.4 Å². The normalized spacial score (nSPS) is 11.7. The molecule has 2 amide bonds. The van der Waals surface area contributed by atoms with Crippen LogP contribution < -0.4 is 10.6 Å². The van der Waals surface area contributed by atoms with E-state index < -0.39 is 5.97 Å². The molecule has 6 heteroatoms. The van der Waals surface area contributed by atoms with Crippen molar-refractivity contribution < 1.29 is 19.1 Å². The molecule has 0 radical (unpaired) electrons. The highest BCUT2D eigenvalue weighted by Gasteiger charge is 2.08. The number of amides is 2. The van der Waals surface area contributed by atoms with Crippen LogP contribution in [0.5, 0.6) is 0 Å². The number of aliphatic carboxylic acids is 1. The molecule has 0 aliphatic rings. The summed E-state index contributed by atoms with van der Waals surface area (Å²) in [5.74, 6) is -1.16. The number of carboxylic acid groups (broad SMARTS) is 1. The smallest absolute Gasteiger partial charge is 0.315 e. The molecular formula is C14H19FN2O3. The van der Waals surface area contributed by atoms with E-state index in [-0.39, 0.29) is 24.3 Å². The highest BCUT2D eigenvalue weighted by atomic mass is 19.1. The maximum Gasteiger partial charge on any atom is 0.315 e. The van der Waals surface area contributed by atoms with Gasteiger partial charge in [0.25, 0.3) is 0 Å². The SMILES string of the molecule is CC(Cc1ccc(F)cc1)NC(=O)NCCCC(=O)O. The lowest BCUT2D eigenvalue weighted by Crippen LogP contribution is -2.42. The molecule has 3 N–H and O–H groups in total. The first-order valence-electron chi connectivity index (χ1n) is 6.48. The minimum atomic E-state index is -0.878. The third-order valence-electron chi connectivity index (χ3n) is 2.69. The summed E-state index contributed by atoms with van der Waals surface area (Å²) < 4.78 is 12.7. The molecule has 0 heterocycles. The lowest BCUT2D eigenvalue weighted by molar-refractivity contribution is -0.137.